The molecule has 1 aromatic carbocycles. The van der Waals surface area contributed by atoms with E-state index < -0.39 is 47.3 Å². The molecule has 2 saturated carbocycles. The highest BCUT2D eigenvalue weighted by Crippen LogP contribution is 2.64. The molecule has 35 heavy (non-hydrogen) atoms. The molecule has 2 fully saturated rings. The standard InChI is InChI=1S/C23H19ClF3N5O2S/c24-20(25)22(34)32(14-3-1-12(2-4-14)17-9-30-11-35-17)19(13-7-28-10-29-8-13)21(33)31-16-6-5-15-18(16)23(15,26)27/h1-4,7-11,15-16,18-20H,5-6H2,(H,31,33). The van der Waals surface area contributed by atoms with E-state index in [2.05, 4.69) is 20.3 Å². The molecular formula is C23H19ClF3N5O2S. The van der Waals surface area contributed by atoms with Crippen LogP contribution in [0.15, 0.2) is 54.7 Å². The molecule has 2 aliphatic carbocycles. The molecule has 7 nitrogen and oxygen atoms in total. The summed E-state index contributed by atoms with van der Waals surface area (Å²) in [6.45, 7) is 0. The number of fused-ring (bicyclic) bond motifs is 1. The number of hydrogen-bond acceptors (Lipinski definition) is 6. The summed E-state index contributed by atoms with van der Waals surface area (Å²) in [5.74, 6) is -6.43. The lowest BCUT2D eigenvalue weighted by molar-refractivity contribution is -0.128. The van der Waals surface area contributed by atoms with Crippen molar-refractivity contribution in [3.63, 3.8) is 0 Å². The fourth-order valence-electron chi connectivity index (χ4n) is 4.82. The number of anilines is 1. The number of thiazole rings is 1. The van der Waals surface area contributed by atoms with Gasteiger partial charge in [-0.25, -0.2) is 23.1 Å². The monoisotopic (exact) mass is 521 g/mol. The van der Waals surface area contributed by atoms with E-state index in [0.717, 1.165) is 15.3 Å². The molecule has 2 amide bonds. The van der Waals surface area contributed by atoms with Gasteiger partial charge in [-0.1, -0.05) is 23.7 Å². The van der Waals surface area contributed by atoms with Crippen LogP contribution in [0.4, 0.5) is 18.9 Å². The van der Waals surface area contributed by atoms with Crippen molar-refractivity contribution in [3.05, 3.63) is 60.3 Å². The van der Waals surface area contributed by atoms with Crippen LogP contribution in [0.5, 0.6) is 0 Å². The number of benzene rings is 1. The average Bonchev–Trinajstić information content (AvgIpc) is 3.29. The highest BCUT2D eigenvalue weighted by atomic mass is 35.5. The Hall–Kier alpha value is -3.05. The number of carbonyl (C=O) groups excluding carboxylic acids is 2. The topological polar surface area (TPSA) is 88.1 Å². The van der Waals surface area contributed by atoms with Gasteiger partial charge in [-0.05, 0) is 30.5 Å². The highest BCUT2D eigenvalue weighted by molar-refractivity contribution is 7.13. The Bertz CT molecular complexity index is 1210. The van der Waals surface area contributed by atoms with Gasteiger partial charge in [0.25, 0.3) is 17.5 Å². The van der Waals surface area contributed by atoms with E-state index in [1.165, 1.54) is 30.1 Å². The number of rotatable bonds is 7. The molecule has 5 atom stereocenters. The molecule has 0 aliphatic heterocycles. The fourth-order valence-corrected chi connectivity index (χ4v) is 5.56. The van der Waals surface area contributed by atoms with Crippen LogP contribution in [0, 0.1) is 11.8 Å². The van der Waals surface area contributed by atoms with Gasteiger partial charge in [0.1, 0.15) is 12.4 Å². The second-order valence-corrected chi connectivity index (χ2v) is 9.76. The molecule has 0 spiro atoms. The zero-order valence-electron chi connectivity index (χ0n) is 18.0. The first-order valence-electron chi connectivity index (χ1n) is 10.8. The molecule has 2 heterocycles. The molecule has 0 saturated heterocycles. The van der Waals surface area contributed by atoms with E-state index in [-0.39, 0.29) is 11.3 Å². The van der Waals surface area contributed by atoms with Crippen LogP contribution in [0.3, 0.4) is 0 Å². The van der Waals surface area contributed by atoms with Crippen molar-refractivity contribution in [2.45, 2.75) is 36.5 Å². The van der Waals surface area contributed by atoms with Gasteiger partial charge in [0.05, 0.1) is 16.3 Å². The fraction of sp³-hybridized carbons (Fsp3) is 0.348. The van der Waals surface area contributed by atoms with E-state index in [1.807, 2.05) is 0 Å². The van der Waals surface area contributed by atoms with Crippen LogP contribution in [-0.4, -0.2) is 44.4 Å². The number of amides is 2. The Balaban J connectivity index is 1.50. The van der Waals surface area contributed by atoms with Gasteiger partial charge in [-0.15, -0.1) is 11.3 Å². The van der Waals surface area contributed by atoms with Crippen molar-refractivity contribution >= 4 is 40.4 Å². The van der Waals surface area contributed by atoms with Gasteiger partial charge >= 0.3 is 0 Å². The van der Waals surface area contributed by atoms with Crippen LogP contribution < -0.4 is 10.2 Å². The molecule has 2 aromatic heterocycles. The molecule has 3 aromatic rings. The number of hydrogen-bond donors (Lipinski definition) is 1. The summed E-state index contributed by atoms with van der Waals surface area (Å²) < 4.78 is 42.1. The lowest BCUT2D eigenvalue weighted by Gasteiger charge is -2.32. The summed E-state index contributed by atoms with van der Waals surface area (Å²) >= 11 is 6.95. The smallest absolute Gasteiger partial charge is 0.278 e. The minimum atomic E-state index is -2.82. The molecule has 0 radical (unpaired) electrons. The third-order valence-corrected chi connectivity index (χ3v) is 7.51. The SMILES string of the molecule is O=C(NC1CCC2C1C2(F)F)C(c1cncnc1)N(C(=O)C(F)Cl)c1ccc(-c2cncs2)cc1. The third-order valence-electron chi connectivity index (χ3n) is 6.50. The van der Waals surface area contributed by atoms with E-state index >= 15 is 0 Å². The summed E-state index contributed by atoms with van der Waals surface area (Å²) in [5, 5.41) is 2.66. The molecule has 1 N–H and O–H groups in total. The first-order valence-corrected chi connectivity index (χ1v) is 12.1. The lowest BCUT2D eigenvalue weighted by Crippen LogP contribution is -2.49. The first-order chi connectivity index (χ1) is 16.8. The van der Waals surface area contributed by atoms with Gasteiger partial charge in [0, 0.05) is 41.8 Å². The van der Waals surface area contributed by atoms with Crippen LogP contribution in [-0.2, 0) is 9.59 Å². The van der Waals surface area contributed by atoms with Crippen LogP contribution in [0.1, 0.15) is 24.4 Å². The molecule has 12 heteroatoms. The minimum absolute atomic E-state index is 0.180. The normalized spacial score (nSPS) is 23.7. The van der Waals surface area contributed by atoms with E-state index in [9.17, 15) is 22.8 Å². The minimum Gasteiger partial charge on any atom is -0.351 e. The summed E-state index contributed by atoms with van der Waals surface area (Å²) in [6.07, 6.45) is 6.24. The van der Waals surface area contributed by atoms with Crippen LogP contribution in [0.25, 0.3) is 10.4 Å². The number of halogens is 4. The van der Waals surface area contributed by atoms with Crippen LogP contribution in [0.2, 0.25) is 0 Å². The summed E-state index contributed by atoms with van der Waals surface area (Å²) in [5.41, 5.74) is 0.409. The Labute approximate surface area is 207 Å². The third kappa shape index (κ3) is 4.38. The zero-order valence-corrected chi connectivity index (χ0v) is 19.6. The maximum absolute atomic E-state index is 14.2. The van der Waals surface area contributed by atoms with Crippen molar-refractivity contribution in [2.24, 2.45) is 11.8 Å². The number of nitrogens with one attached hydrogen (secondary N) is 1. The summed E-state index contributed by atoms with van der Waals surface area (Å²) in [6, 6.07) is 4.33. The molecule has 182 valence electrons. The van der Waals surface area contributed by atoms with Crippen molar-refractivity contribution in [2.75, 3.05) is 4.90 Å². The Morgan fingerprint density at radius 3 is 2.40 bits per heavy atom. The van der Waals surface area contributed by atoms with Gasteiger partial charge in [-0.3, -0.25) is 19.5 Å². The molecule has 0 bridgehead atoms. The van der Waals surface area contributed by atoms with Gasteiger partial charge in [-0.2, -0.15) is 0 Å². The van der Waals surface area contributed by atoms with Gasteiger partial charge in [0.2, 0.25) is 5.91 Å². The maximum atomic E-state index is 14.2. The second-order valence-electron chi connectivity index (χ2n) is 8.50. The van der Waals surface area contributed by atoms with Crippen molar-refractivity contribution < 1.29 is 22.8 Å². The van der Waals surface area contributed by atoms with E-state index in [4.69, 9.17) is 11.6 Å². The van der Waals surface area contributed by atoms with Gasteiger partial charge in [0.15, 0.2) is 0 Å². The van der Waals surface area contributed by atoms with Gasteiger partial charge < -0.3 is 5.32 Å². The van der Waals surface area contributed by atoms with E-state index in [0.29, 0.717) is 12.8 Å². The Morgan fingerprint density at radius 2 is 1.83 bits per heavy atom. The quantitative estimate of drug-likeness (QED) is 0.466. The maximum Gasteiger partial charge on any atom is 0.278 e. The Kier molecular flexibility index (Phi) is 6.22. The summed E-state index contributed by atoms with van der Waals surface area (Å²) in [7, 11) is 0. The van der Waals surface area contributed by atoms with Crippen LogP contribution >= 0.6 is 22.9 Å². The number of aromatic nitrogens is 3. The van der Waals surface area contributed by atoms with Crippen molar-refractivity contribution in [1.29, 1.82) is 0 Å². The predicted molar refractivity (Wildman–Crippen MR) is 124 cm³/mol. The molecule has 2 aliphatic rings. The first kappa shape index (κ1) is 23.7. The largest absolute Gasteiger partial charge is 0.351 e. The predicted octanol–water partition coefficient (Wildman–Crippen LogP) is 4.37. The zero-order chi connectivity index (χ0) is 24.7. The van der Waals surface area contributed by atoms with E-state index in [1.54, 1.807) is 36.0 Å². The molecular weight excluding hydrogens is 503 g/mol. The molecule has 5 rings (SSSR count). The Morgan fingerprint density at radius 1 is 1.11 bits per heavy atom. The summed E-state index contributed by atoms with van der Waals surface area (Å²) in [4.78, 5) is 40.1. The lowest BCUT2D eigenvalue weighted by atomic mass is 10.0. The second kappa shape index (κ2) is 9.19. The number of alkyl halides is 4. The van der Waals surface area contributed by atoms with Crippen molar-refractivity contribution in [1.82, 2.24) is 20.3 Å². The highest BCUT2D eigenvalue weighted by Gasteiger charge is 2.73. The average molecular weight is 522 g/mol. The van der Waals surface area contributed by atoms with Crippen molar-refractivity contribution in [3.8, 4) is 10.4 Å². The number of nitrogens with zero attached hydrogens (tertiary/aromatic N) is 4. The molecule has 5 unspecified atom stereocenters. The number of carbonyl (C=O) groups is 2.